The number of unbranched alkanes of at least 4 members (excludes halogenated alkanes) is 1. The minimum atomic E-state index is -0.350. The number of benzene rings is 2. The highest BCUT2D eigenvalue weighted by molar-refractivity contribution is 6.01. The molecule has 30 heavy (non-hydrogen) atoms. The third kappa shape index (κ3) is 3.94. The fourth-order valence-electron chi connectivity index (χ4n) is 3.59. The fraction of sp³-hybridized carbons (Fsp3) is 0.318. The van der Waals surface area contributed by atoms with Crippen molar-refractivity contribution in [2.45, 2.75) is 26.2 Å². The van der Waals surface area contributed by atoms with Gasteiger partial charge in [-0.3, -0.25) is 14.4 Å². The molecule has 8 heteroatoms. The van der Waals surface area contributed by atoms with Crippen molar-refractivity contribution in [1.82, 2.24) is 19.9 Å². The van der Waals surface area contributed by atoms with Gasteiger partial charge in [-0.05, 0) is 42.8 Å². The molecular formula is C22H23N5O3. The second-order valence-corrected chi connectivity index (χ2v) is 7.46. The molecule has 1 aromatic heterocycles. The van der Waals surface area contributed by atoms with Crippen LogP contribution in [0, 0.1) is 5.92 Å². The monoisotopic (exact) mass is 405 g/mol. The van der Waals surface area contributed by atoms with Gasteiger partial charge in [-0.25, -0.2) is 0 Å². The van der Waals surface area contributed by atoms with E-state index in [0.29, 0.717) is 35.4 Å². The van der Waals surface area contributed by atoms with E-state index < -0.39 is 0 Å². The van der Waals surface area contributed by atoms with E-state index in [1.807, 2.05) is 12.1 Å². The van der Waals surface area contributed by atoms with Crippen molar-refractivity contribution in [3.63, 3.8) is 0 Å². The van der Waals surface area contributed by atoms with Crippen molar-refractivity contribution in [3.8, 4) is 0 Å². The number of fused-ring (bicyclic) bond motifs is 1. The number of nitrogens with one attached hydrogen (secondary N) is 1. The normalized spacial score (nSPS) is 16.2. The molecule has 1 fully saturated rings. The van der Waals surface area contributed by atoms with Gasteiger partial charge in [-0.1, -0.05) is 30.7 Å². The molecule has 0 bridgehead atoms. The molecule has 2 aromatic carbocycles. The second-order valence-electron chi connectivity index (χ2n) is 7.46. The third-order valence-electron chi connectivity index (χ3n) is 5.31. The van der Waals surface area contributed by atoms with Crippen molar-refractivity contribution in [2.24, 2.45) is 5.92 Å². The van der Waals surface area contributed by atoms with Crippen molar-refractivity contribution in [3.05, 3.63) is 54.1 Å². The molecule has 1 unspecified atom stereocenters. The number of hydrogen-bond acceptors (Lipinski definition) is 5. The SMILES string of the molecule is CCCCN1CC(C(=O)Nc2ccc(C(=O)n3nnc4ccccc43)cc2)CC1=O. The summed E-state index contributed by atoms with van der Waals surface area (Å²) in [5.41, 5.74) is 2.30. The third-order valence-corrected chi connectivity index (χ3v) is 5.31. The number of rotatable bonds is 6. The van der Waals surface area contributed by atoms with Crippen LogP contribution >= 0.6 is 0 Å². The number of anilines is 1. The molecule has 154 valence electrons. The zero-order valence-electron chi connectivity index (χ0n) is 16.7. The van der Waals surface area contributed by atoms with E-state index in [1.165, 1.54) is 4.68 Å². The van der Waals surface area contributed by atoms with Crippen molar-refractivity contribution in [1.29, 1.82) is 0 Å². The lowest BCUT2D eigenvalue weighted by Crippen LogP contribution is -2.29. The van der Waals surface area contributed by atoms with Crippen LogP contribution in [0.2, 0.25) is 0 Å². The molecule has 8 nitrogen and oxygen atoms in total. The van der Waals surface area contributed by atoms with Crippen LogP contribution in [0.1, 0.15) is 36.5 Å². The van der Waals surface area contributed by atoms with Crippen LogP contribution in [-0.2, 0) is 9.59 Å². The molecule has 1 aliphatic heterocycles. The quantitative estimate of drug-likeness (QED) is 0.680. The predicted octanol–water partition coefficient (Wildman–Crippen LogP) is 2.71. The Labute approximate surface area is 173 Å². The lowest BCUT2D eigenvalue weighted by molar-refractivity contribution is -0.128. The van der Waals surface area contributed by atoms with Crippen LogP contribution < -0.4 is 5.32 Å². The van der Waals surface area contributed by atoms with Gasteiger partial charge in [0, 0.05) is 30.8 Å². The van der Waals surface area contributed by atoms with E-state index in [9.17, 15) is 14.4 Å². The highest BCUT2D eigenvalue weighted by Gasteiger charge is 2.33. The minimum Gasteiger partial charge on any atom is -0.342 e. The smallest absolute Gasteiger partial charge is 0.280 e. The Bertz CT molecular complexity index is 1090. The standard InChI is InChI=1S/C22H23N5O3/c1-2-3-12-26-14-16(13-20(26)28)21(29)23-17-10-8-15(9-11-17)22(30)27-19-7-5-4-6-18(19)24-25-27/h4-11,16H,2-3,12-14H2,1H3,(H,23,29). The summed E-state index contributed by atoms with van der Waals surface area (Å²) < 4.78 is 1.26. The van der Waals surface area contributed by atoms with E-state index in [4.69, 9.17) is 0 Å². The molecule has 1 saturated heterocycles. The van der Waals surface area contributed by atoms with Gasteiger partial charge in [0.1, 0.15) is 5.52 Å². The molecule has 3 aromatic rings. The number of amides is 2. The van der Waals surface area contributed by atoms with Crippen LogP contribution in [0.5, 0.6) is 0 Å². The summed E-state index contributed by atoms with van der Waals surface area (Å²) in [7, 11) is 0. The molecule has 2 heterocycles. The molecular weight excluding hydrogens is 382 g/mol. The first-order valence-electron chi connectivity index (χ1n) is 10.1. The van der Waals surface area contributed by atoms with E-state index in [0.717, 1.165) is 12.8 Å². The summed E-state index contributed by atoms with van der Waals surface area (Å²) in [6.45, 7) is 3.23. The molecule has 1 atom stereocenters. The maximum atomic E-state index is 12.8. The number of hydrogen-bond donors (Lipinski definition) is 1. The molecule has 1 N–H and O–H groups in total. The van der Waals surface area contributed by atoms with E-state index in [2.05, 4.69) is 22.6 Å². The Morgan fingerprint density at radius 3 is 2.67 bits per heavy atom. The maximum Gasteiger partial charge on any atom is 0.280 e. The van der Waals surface area contributed by atoms with Gasteiger partial charge in [0.15, 0.2) is 0 Å². The number of aromatic nitrogens is 3. The van der Waals surface area contributed by atoms with Gasteiger partial charge < -0.3 is 10.2 Å². The summed E-state index contributed by atoms with van der Waals surface area (Å²) in [6, 6.07) is 13.9. The second kappa shape index (κ2) is 8.44. The molecule has 0 saturated carbocycles. The van der Waals surface area contributed by atoms with Crippen LogP contribution in [0.15, 0.2) is 48.5 Å². The molecule has 0 radical (unpaired) electrons. The highest BCUT2D eigenvalue weighted by Crippen LogP contribution is 2.21. The first kappa shape index (κ1) is 19.8. The highest BCUT2D eigenvalue weighted by atomic mass is 16.2. The Hall–Kier alpha value is -3.55. The zero-order chi connectivity index (χ0) is 21.1. The fourth-order valence-corrected chi connectivity index (χ4v) is 3.59. The summed E-state index contributed by atoms with van der Waals surface area (Å²) in [4.78, 5) is 39.1. The number of para-hydroxylation sites is 1. The number of nitrogens with zero attached hydrogens (tertiary/aromatic N) is 4. The Kier molecular flexibility index (Phi) is 5.56. The van der Waals surface area contributed by atoms with Crippen LogP contribution in [0.3, 0.4) is 0 Å². The van der Waals surface area contributed by atoms with Gasteiger partial charge in [-0.15, -0.1) is 5.10 Å². The molecule has 4 rings (SSSR count). The van der Waals surface area contributed by atoms with Crippen LogP contribution in [-0.4, -0.2) is 50.7 Å². The molecule has 2 amide bonds. The molecule has 0 spiro atoms. The average Bonchev–Trinajstić information content (AvgIpc) is 3.36. The summed E-state index contributed by atoms with van der Waals surface area (Å²) in [6.07, 6.45) is 2.19. The topological polar surface area (TPSA) is 97.2 Å². The average molecular weight is 405 g/mol. The number of likely N-dealkylation sites (tertiary alicyclic amines) is 1. The molecule has 0 aliphatic carbocycles. The van der Waals surface area contributed by atoms with E-state index in [-0.39, 0.29) is 30.1 Å². The van der Waals surface area contributed by atoms with Crippen molar-refractivity contribution in [2.75, 3.05) is 18.4 Å². The Balaban J connectivity index is 1.41. The van der Waals surface area contributed by atoms with Crippen molar-refractivity contribution >= 4 is 34.4 Å². The first-order valence-corrected chi connectivity index (χ1v) is 10.1. The van der Waals surface area contributed by atoms with E-state index >= 15 is 0 Å². The Morgan fingerprint density at radius 1 is 1.13 bits per heavy atom. The summed E-state index contributed by atoms with van der Waals surface area (Å²) in [5, 5.41) is 10.8. The van der Waals surface area contributed by atoms with E-state index in [1.54, 1.807) is 41.3 Å². The summed E-state index contributed by atoms with van der Waals surface area (Å²) >= 11 is 0. The number of carbonyl (C=O) groups excluding carboxylic acids is 3. The zero-order valence-corrected chi connectivity index (χ0v) is 16.7. The van der Waals surface area contributed by atoms with Gasteiger partial charge in [0.2, 0.25) is 11.8 Å². The van der Waals surface area contributed by atoms with Gasteiger partial charge >= 0.3 is 0 Å². The largest absolute Gasteiger partial charge is 0.342 e. The lowest BCUT2D eigenvalue weighted by Gasteiger charge is -2.16. The summed E-state index contributed by atoms with van der Waals surface area (Å²) in [5.74, 6) is -0.792. The first-order chi connectivity index (χ1) is 14.6. The van der Waals surface area contributed by atoms with Gasteiger partial charge in [0.25, 0.3) is 5.91 Å². The van der Waals surface area contributed by atoms with Crippen LogP contribution in [0.25, 0.3) is 11.0 Å². The number of carbonyl (C=O) groups is 3. The minimum absolute atomic E-state index is 0.0320. The lowest BCUT2D eigenvalue weighted by atomic mass is 10.1. The van der Waals surface area contributed by atoms with Crippen LogP contribution in [0.4, 0.5) is 5.69 Å². The predicted molar refractivity (Wildman–Crippen MR) is 112 cm³/mol. The maximum absolute atomic E-state index is 12.8. The van der Waals surface area contributed by atoms with Gasteiger partial charge in [-0.2, -0.15) is 4.68 Å². The van der Waals surface area contributed by atoms with Gasteiger partial charge in [0.05, 0.1) is 11.4 Å². The Morgan fingerprint density at radius 2 is 1.90 bits per heavy atom. The molecule has 1 aliphatic rings. The van der Waals surface area contributed by atoms with Crippen molar-refractivity contribution < 1.29 is 14.4 Å².